The number of carbonyl (C=O) groups is 3. The molecule has 0 aromatic rings. The molecule has 146 valence electrons. The summed E-state index contributed by atoms with van der Waals surface area (Å²) < 4.78 is 10.3. The summed E-state index contributed by atoms with van der Waals surface area (Å²) >= 11 is 0. The fourth-order valence-corrected chi connectivity index (χ4v) is 1.63. The summed E-state index contributed by atoms with van der Waals surface area (Å²) in [7, 11) is 0. The molecule has 9 heteroatoms. The number of rotatable bonds is 8. The number of carboxylic acid groups (broad SMARTS) is 1. The molecule has 0 bridgehead atoms. The minimum atomic E-state index is -1.11. The molecule has 0 radical (unpaired) electrons. The first-order chi connectivity index (χ1) is 11.3. The van der Waals surface area contributed by atoms with E-state index in [1.807, 2.05) is 0 Å². The molecule has 0 rings (SSSR count). The number of hydrogen-bond donors (Lipinski definition) is 3. The zero-order chi connectivity index (χ0) is 19.7. The number of amides is 2. The van der Waals surface area contributed by atoms with E-state index in [-0.39, 0.29) is 6.54 Å². The third-order valence-electron chi connectivity index (χ3n) is 2.51. The summed E-state index contributed by atoms with van der Waals surface area (Å²) in [5.41, 5.74) is -1.25. The number of nitrogens with one attached hydrogen (secondary N) is 2. The second kappa shape index (κ2) is 10.1. The zero-order valence-electron chi connectivity index (χ0n) is 16.0. The van der Waals surface area contributed by atoms with E-state index in [1.165, 1.54) is 0 Å². The van der Waals surface area contributed by atoms with Gasteiger partial charge < -0.3 is 25.2 Å². The van der Waals surface area contributed by atoms with Gasteiger partial charge in [0.05, 0.1) is 0 Å². The van der Waals surface area contributed by atoms with Gasteiger partial charge >= 0.3 is 18.2 Å². The molecule has 0 aliphatic carbocycles. The maximum absolute atomic E-state index is 12.0. The number of aliphatic carboxylic acids is 1. The first-order valence-electron chi connectivity index (χ1n) is 8.17. The van der Waals surface area contributed by atoms with E-state index < -0.39 is 35.9 Å². The van der Waals surface area contributed by atoms with Crippen LogP contribution in [0.2, 0.25) is 0 Å². The van der Waals surface area contributed by atoms with Crippen molar-refractivity contribution in [3.05, 3.63) is 0 Å². The molecule has 25 heavy (non-hydrogen) atoms. The Morgan fingerprint density at radius 2 is 1.48 bits per heavy atom. The molecule has 0 aliphatic rings. The summed E-state index contributed by atoms with van der Waals surface area (Å²) in [5, 5.41) is 14.5. The van der Waals surface area contributed by atoms with Crippen LogP contribution in [0.15, 0.2) is 0 Å². The van der Waals surface area contributed by atoms with Crippen molar-refractivity contribution in [2.45, 2.75) is 52.7 Å². The maximum atomic E-state index is 12.0. The molecule has 0 aromatic carbocycles. The van der Waals surface area contributed by atoms with Crippen LogP contribution in [-0.2, 0) is 14.3 Å². The van der Waals surface area contributed by atoms with E-state index in [9.17, 15) is 14.4 Å². The number of carboxylic acids is 1. The fourth-order valence-electron chi connectivity index (χ4n) is 1.63. The molecular formula is C16H31N3O6. The van der Waals surface area contributed by atoms with Gasteiger partial charge in [0.15, 0.2) is 0 Å². The monoisotopic (exact) mass is 361 g/mol. The van der Waals surface area contributed by atoms with Crippen LogP contribution in [-0.4, -0.2) is 72.1 Å². The van der Waals surface area contributed by atoms with E-state index in [1.54, 1.807) is 41.5 Å². The molecule has 0 spiro atoms. The molecule has 0 saturated carbocycles. The van der Waals surface area contributed by atoms with Crippen LogP contribution in [0.25, 0.3) is 0 Å². The molecule has 9 nitrogen and oxygen atoms in total. The van der Waals surface area contributed by atoms with Crippen LogP contribution in [0.5, 0.6) is 0 Å². The minimum absolute atomic E-state index is 0.174. The average Bonchev–Trinajstić information content (AvgIpc) is 2.36. The van der Waals surface area contributed by atoms with Gasteiger partial charge in [0.2, 0.25) is 0 Å². The smallest absolute Gasteiger partial charge is 0.410 e. The first-order valence-corrected chi connectivity index (χ1v) is 8.17. The minimum Gasteiger partial charge on any atom is -0.480 e. The lowest BCUT2D eigenvalue weighted by Gasteiger charge is -2.26. The Hall–Kier alpha value is -2.03. The van der Waals surface area contributed by atoms with E-state index in [2.05, 4.69) is 10.6 Å². The molecule has 3 N–H and O–H groups in total. The Labute approximate surface area is 149 Å². The van der Waals surface area contributed by atoms with Crippen molar-refractivity contribution >= 4 is 18.2 Å². The highest BCUT2D eigenvalue weighted by Gasteiger charge is 2.23. The molecule has 0 atom stereocenters. The van der Waals surface area contributed by atoms with Gasteiger partial charge in [-0.1, -0.05) is 0 Å². The standard InChI is InChI=1S/C16H31N3O6/c1-15(2,3)24-13(22)18-8-7-17-9-10-19(11-12(20)21)14(23)25-16(4,5)6/h17H,7-11H2,1-6H3,(H,18,22)(H,20,21). The van der Waals surface area contributed by atoms with Gasteiger partial charge in [-0.25, -0.2) is 9.59 Å². The van der Waals surface area contributed by atoms with Crippen LogP contribution in [0.4, 0.5) is 9.59 Å². The molecule has 0 aliphatic heterocycles. The molecule has 0 saturated heterocycles. The van der Waals surface area contributed by atoms with Gasteiger partial charge in [0.25, 0.3) is 0 Å². The molecule has 2 amide bonds. The SMILES string of the molecule is CC(C)(C)OC(=O)NCCNCCN(CC(=O)O)C(=O)OC(C)(C)C. The number of nitrogens with zero attached hydrogens (tertiary/aromatic N) is 1. The summed E-state index contributed by atoms with van der Waals surface area (Å²) in [6.45, 7) is 11.4. The topological polar surface area (TPSA) is 117 Å². The van der Waals surface area contributed by atoms with Crippen LogP contribution in [0.3, 0.4) is 0 Å². The number of hydrogen-bond acceptors (Lipinski definition) is 6. The van der Waals surface area contributed by atoms with E-state index in [4.69, 9.17) is 14.6 Å². The lowest BCUT2D eigenvalue weighted by molar-refractivity contribution is -0.138. The molecule has 0 aromatic heterocycles. The average molecular weight is 361 g/mol. The Balaban J connectivity index is 4.12. The van der Waals surface area contributed by atoms with Crippen LogP contribution >= 0.6 is 0 Å². The molecular weight excluding hydrogens is 330 g/mol. The molecule has 0 unspecified atom stereocenters. The second-order valence-corrected chi connectivity index (χ2v) is 7.47. The first kappa shape index (κ1) is 23.0. The fraction of sp³-hybridized carbons (Fsp3) is 0.812. The molecule has 0 heterocycles. The largest absolute Gasteiger partial charge is 0.480 e. The van der Waals surface area contributed by atoms with Gasteiger partial charge in [0, 0.05) is 26.2 Å². The van der Waals surface area contributed by atoms with Crippen molar-refractivity contribution in [2.75, 3.05) is 32.7 Å². The molecule has 0 fully saturated rings. The maximum Gasteiger partial charge on any atom is 0.410 e. The number of ether oxygens (including phenoxy) is 2. The van der Waals surface area contributed by atoms with Crippen molar-refractivity contribution < 1.29 is 29.0 Å². The van der Waals surface area contributed by atoms with Crippen molar-refractivity contribution in [1.82, 2.24) is 15.5 Å². The van der Waals surface area contributed by atoms with Crippen molar-refractivity contribution in [3.8, 4) is 0 Å². The highest BCUT2D eigenvalue weighted by Crippen LogP contribution is 2.09. The summed E-state index contributed by atoms with van der Waals surface area (Å²) in [6, 6.07) is 0. The highest BCUT2D eigenvalue weighted by atomic mass is 16.6. The van der Waals surface area contributed by atoms with Gasteiger partial charge in [0.1, 0.15) is 17.7 Å². The second-order valence-electron chi connectivity index (χ2n) is 7.47. The van der Waals surface area contributed by atoms with Gasteiger partial charge in [-0.2, -0.15) is 0 Å². The van der Waals surface area contributed by atoms with E-state index in [0.29, 0.717) is 19.6 Å². The van der Waals surface area contributed by atoms with Crippen LogP contribution < -0.4 is 10.6 Å². The Bertz CT molecular complexity index is 454. The summed E-state index contributed by atoms with van der Waals surface area (Å²) in [5.74, 6) is -1.11. The van der Waals surface area contributed by atoms with E-state index >= 15 is 0 Å². The van der Waals surface area contributed by atoms with Crippen LogP contribution in [0, 0.1) is 0 Å². The van der Waals surface area contributed by atoms with Crippen molar-refractivity contribution in [2.24, 2.45) is 0 Å². The van der Waals surface area contributed by atoms with Gasteiger partial charge in [-0.15, -0.1) is 0 Å². The Morgan fingerprint density at radius 1 is 0.920 bits per heavy atom. The quantitative estimate of drug-likeness (QED) is 0.560. The summed E-state index contributed by atoms with van der Waals surface area (Å²) in [6.07, 6.45) is -1.18. The normalized spacial score (nSPS) is 11.6. The van der Waals surface area contributed by atoms with E-state index in [0.717, 1.165) is 4.90 Å². The number of alkyl carbamates (subject to hydrolysis) is 1. The van der Waals surface area contributed by atoms with Crippen LogP contribution in [0.1, 0.15) is 41.5 Å². The number of carbonyl (C=O) groups excluding carboxylic acids is 2. The van der Waals surface area contributed by atoms with Crippen molar-refractivity contribution in [1.29, 1.82) is 0 Å². The Morgan fingerprint density at radius 3 is 1.96 bits per heavy atom. The lowest BCUT2D eigenvalue weighted by Crippen LogP contribution is -2.44. The van der Waals surface area contributed by atoms with Gasteiger partial charge in [-0.05, 0) is 41.5 Å². The lowest BCUT2D eigenvalue weighted by atomic mass is 10.2. The third kappa shape index (κ3) is 14.1. The zero-order valence-corrected chi connectivity index (χ0v) is 16.0. The predicted molar refractivity (Wildman–Crippen MR) is 92.5 cm³/mol. The van der Waals surface area contributed by atoms with Gasteiger partial charge in [-0.3, -0.25) is 9.69 Å². The Kier molecular flexibility index (Phi) is 9.25. The van der Waals surface area contributed by atoms with Crippen molar-refractivity contribution in [3.63, 3.8) is 0 Å². The highest BCUT2D eigenvalue weighted by molar-refractivity contribution is 5.76. The third-order valence-corrected chi connectivity index (χ3v) is 2.51. The summed E-state index contributed by atoms with van der Waals surface area (Å²) in [4.78, 5) is 35.4. The predicted octanol–water partition coefficient (Wildman–Crippen LogP) is 1.42.